The Morgan fingerprint density at radius 3 is 2.19 bits per heavy atom. The summed E-state index contributed by atoms with van der Waals surface area (Å²) >= 11 is 0. The molecule has 0 amide bonds. The summed E-state index contributed by atoms with van der Waals surface area (Å²) < 4.78 is 10.2. The molecule has 0 aliphatic heterocycles. The molecule has 0 bridgehead atoms. The second-order valence-electron chi connectivity index (χ2n) is 4.07. The van der Waals surface area contributed by atoms with Crippen LogP contribution in [-0.4, -0.2) is 25.8 Å². The van der Waals surface area contributed by atoms with Gasteiger partial charge in [0.1, 0.15) is 0 Å². The van der Waals surface area contributed by atoms with E-state index in [2.05, 4.69) is 6.92 Å². The molecule has 0 heterocycles. The Bertz CT molecular complexity index is 157. The van der Waals surface area contributed by atoms with Crippen LogP contribution >= 0.6 is 0 Å². The number of hydrogen-bond acceptors (Lipinski definition) is 3. The van der Waals surface area contributed by atoms with Crippen molar-refractivity contribution in [3.8, 4) is 0 Å². The quantitative estimate of drug-likeness (QED) is 0.403. The molecule has 0 aliphatic rings. The van der Waals surface area contributed by atoms with Crippen molar-refractivity contribution in [1.82, 2.24) is 0 Å². The van der Waals surface area contributed by atoms with Crippen molar-refractivity contribution in [2.24, 2.45) is 0 Å². The predicted octanol–water partition coefficient (Wildman–Crippen LogP) is 3.32. The van der Waals surface area contributed by atoms with Gasteiger partial charge in [-0.25, -0.2) is 0 Å². The zero-order chi connectivity index (χ0) is 12.1. The Kier molecular flexibility index (Phi) is 12.1. The van der Waals surface area contributed by atoms with E-state index in [1.807, 2.05) is 0 Å². The molecule has 0 aromatic heterocycles. The maximum absolute atomic E-state index is 10.4. The topological polar surface area (TPSA) is 35.5 Å². The molecular formula is C13H26O3. The number of rotatable bonds is 11. The van der Waals surface area contributed by atoms with E-state index >= 15 is 0 Å². The fourth-order valence-electron chi connectivity index (χ4n) is 1.46. The fraction of sp³-hybridized carbons (Fsp3) is 0.923. The number of esters is 1. The molecule has 0 aromatic rings. The largest absolute Gasteiger partial charge is 0.466 e. The molecule has 0 saturated heterocycles. The monoisotopic (exact) mass is 230 g/mol. The second-order valence-corrected chi connectivity index (χ2v) is 4.07. The Hall–Kier alpha value is -0.570. The molecule has 0 saturated carbocycles. The van der Waals surface area contributed by atoms with Gasteiger partial charge >= 0.3 is 5.97 Å². The Balaban J connectivity index is 2.90. The molecule has 16 heavy (non-hydrogen) atoms. The van der Waals surface area contributed by atoms with Crippen LogP contribution in [0.4, 0.5) is 0 Å². The van der Waals surface area contributed by atoms with Crippen LogP contribution in [0, 0.1) is 0 Å². The summed E-state index contributed by atoms with van der Waals surface area (Å²) in [5, 5.41) is 0. The van der Waals surface area contributed by atoms with Gasteiger partial charge < -0.3 is 9.47 Å². The number of carbonyl (C=O) groups is 1. The molecule has 0 N–H and O–H groups in total. The van der Waals surface area contributed by atoms with Crippen molar-refractivity contribution in [2.75, 3.05) is 19.8 Å². The lowest BCUT2D eigenvalue weighted by Gasteiger charge is -2.04. The molecule has 0 fully saturated rings. The van der Waals surface area contributed by atoms with Gasteiger partial charge in [-0.3, -0.25) is 4.79 Å². The third kappa shape index (κ3) is 13.4. The van der Waals surface area contributed by atoms with Crippen LogP contribution in [0.15, 0.2) is 0 Å². The van der Waals surface area contributed by atoms with Crippen LogP contribution in [0.1, 0.15) is 58.8 Å². The van der Waals surface area contributed by atoms with Crippen LogP contribution in [0.25, 0.3) is 0 Å². The summed E-state index contributed by atoms with van der Waals surface area (Å²) in [7, 11) is 0. The Morgan fingerprint density at radius 1 is 0.875 bits per heavy atom. The third-order valence-corrected chi connectivity index (χ3v) is 2.38. The second kappa shape index (κ2) is 12.5. The summed E-state index contributed by atoms with van der Waals surface area (Å²) in [5.41, 5.74) is 0. The SMILES string of the molecule is CCCCCCCCOCCCOC(C)=O. The minimum absolute atomic E-state index is 0.212. The van der Waals surface area contributed by atoms with Gasteiger partial charge in [0.05, 0.1) is 6.61 Å². The highest BCUT2D eigenvalue weighted by atomic mass is 16.5. The van der Waals surface area contributed by atoms with Crippen molar-refractivity contribution in [3.05, 3.63) is 0 Å². The van der Waals surface area contributed by atoms with Gasteiger partial charge in [0.2, 0.25) is 0 Å². The normalized spacial score (nSPS) is 10.4. The van der Waals surface area contributed by atoms with E-state index < -0.39 is 0 Å². The maximum atomic E-state index is 10.4. The highest BCUT2D eigenvalue weighted by molar-refractivity contribution is 5.65. The first kappa shape index (κ1) is 15.4. The molecule has 3 heteroatoms. The van der Waals surface area contributed by atoms with Gasteiger partial charge in [-0.15, -0.1) is 0 Å². The van der Waals surface area contributed by atoms with Gasteiger partial charge in [0, 0.05) is 26.6 Å². The molecule has 3 nitrogen and oxygen atoms in total. The first-order chi connectivity index (χ1) is 7.77. The van der Waals surface area contributed by atoms with E-state index in [4.69, 9.17) is 9.47 Å². The zero-order valence-corrected chi connectivity index (χ0v) is 10.8. The minimum atomic E-state index is -0.212. The molecule has 96 valence electrons. The smallest absolute Gasteiger partial charge is 0.302 e. The molecular weight excluding hydrogens is 204 g/mol. The van der Waals surface area contributed by atoms with Crippen LogP contribution in [0.3, 0.4) is 0 Å². The van der Waals surface area contributed by atoms with Crippen molar-refractivity contribution in [1.29, 1.82) is 0 Å². The summed E-state index contributed by atoms with van der Waals surface area (Å²) in [6, 6.07) is 0. The van der Waals surface area contributed by atoms with Crippen molar-refractivity contribution in [3.63, 3.8) is 0 Å². The van der Waals surface area contributed by atoms with Gasteiger partial charge in [-0.1, -0.05) is 39.0 Å². The van der Waals surface area contributed by atoms with Crippen molar-refractivity contribution >= 4 is 5.97 Å². The number of hydrogen-bond donors (Lipinski definition) is 0. The van der Waals surface area contributed by atoms with E-state index in [9.17, 15) is 4.79 Å². The van der Waals surface area contributed by atoms with E-state index in [-0.39, 0.29) is 5.97 Å². The summed E-state index contributed by atoms with van der Waals surface area (Å²) in [4.78, 5) is 10.4. The van der Waals surface area contributed by atoms with Gasteiger partial charge in [-0.05, 0) is 6.42 Å². The number of unbranched alkanes of at least 4 members (excludes halogenated alkanes) is 5. The minimum Gasteiger partial charge on any atom is -0.466 e. The van der Waals surface area contributed by atoms with E-state index in [0.29, 0.717) is 13.2 Å². The van der Waals surface area contributed by atoms with Crippen molar-refractivity contribution < 1.29 is 14.3 Å². The maximum Gasteiger partial charge on any atom is 0.302 e. The Morgan fingerprint density at radius 2 is 1.50 bits per heavy atom. The predicted molar refractivity (Wildman–Crippen MR) is 65.4 cm³/mol. The van der Waals surface area contributed by atoms with Crippen LogP contribution in [-0.2, 0) is 14.3 Å². The van der Waals surface area contributed by atoms with Gasteiger partial charge in [0.15, 0.2) is 0 Å². The van der Waals surface area contributed by atoms with Gasteiger partial charge in [0.25, 0.3) is 0 Å². The van der Waals surface area contributed by atoms with Crippen LogP contribution in [0.2, 0.25) is 0 Å². The first-order valence-corrected chi connectivity index (χ1v) is 6.48. The van der Waals surface area contributed by atoms with Crippen LogP contribution < -0.4 is 0 Å². The van der Waals surface area contributed by atoms with E-state index in [1.54, 1.807) is 0 Å². The lowest BCUT2D eigenvalue weighted by Crippen LogP contribution is -2.05. The number of carbonyl (C=O) groups excluding carboxylic acids is 1. The standard InChI is InChI=1S/C13H26O3/c1-3-4-5-6-7-8-10-15-11-9-12-16-13(2)14/h3-12H2,1-2H3. The van der Waals surface area contributed by atoms with Crippen molar-refractivity contribution in [2.45, 2.75) is 58.8 Å². The first-order valence-electron chi connectivity index (χ1n) is 6.48. The molecule has 0 atom stereocenters. The summed E-state index contributed by atoms with van der Waals surface area (Å²) in [6.45, 7) is 5.67. The average molecular weight is 230 g/mol. The van der Waals surface area contributed by atoms with Gasteiger partial charge in [-0.2, -0.15) is 0 Å². The molecule has 0 unspecified atom stereocenters. The average Bonchev–Trinajstić information content (AvgIpc) is 2.25. The van der Waals surface area contributed by atoms with Crippen LogP contribution in [0.5, 0.6) is 0 Å². The number of ether oxygens (including phenoxy) is 2. The summed E-state index contributed by atoms with van der Waals surface area (Å²) in [6.07, 6.45) is 8.54. The zero-order valence-electron chi connectivity index (χ0n) is 10.8. The highest BCUT2D eigenvalue weighted by Gasteiger charge is 1.94. The molecule has 0 aliphatic carbocycles. The molecule has 0 aromatic carbocycles. The lowest BCUT2D eigenvalue weighted by molar-refractivity contribution is -0.141. The lowest BCUT2D eigenvalue weighted by atomic mass is 10.1. The van der Waals surface area contributed by atoms with E-state index in [1.165, 1.54) is 39.0 Å². The molecule has 0 radical (unpaired) electrons. The third-order valence-electron chi connectivity index (χ3n) is 2.38. The van der Waals surface area contributed by atoms with E-state index in [0.717, 1.165) is 19.4 Å². The fourth-order valence-corrected chi connectivity index (χ4v) is 1.46. The summed E-state index contributed by atoms with van der Waals surface area (Å²) in [5.74, 6) is -0.212. The Labute approximate surface area is 99.5 Å². The highest BCUT2D eigenvalue weighted by Crippen LogP contribution is 2.04. The molecule has 0 spiro atoms. The molecule has 0 rings (SSSR count).